The molecule has 2 unspecified atom stereocenters. The van der Waals surface area contributed by atoms with Crippen molar-refractivity contribution in [1.82, 2.24) is 0 Å². The summed E-state index contributed by atoms with van der Waals surface area (Å²) in [5, 5.41) is 7.35. The molecule has 3 aromatic rings. The molecule has 0 fully saturated rings. The fourth-order valence-electron chi connectivity index (χ4n) is 6.09. The quantitative estimate of drug-likeness (QED) is 0.358. The number of ketones is 1. The smallest absolute Gasteiger partial charge is 0.163 e. The van der Waals surface area contributed by atoms with Crippen LogP contribution in [0.1, 0.15) is 69.2 Å². The third kappa shape index (κ3) is 4.90. The molecule has 3 aromatic carbocycles. The van der Waals surface area contributed by atoms with Gasteiger partial charge in [0.1, 0.15) is 5.75 Å². The summed E-state index contributed by atoms with van der Waals surface area (Å²) in [6.07, 6.45) is 1.28. The van der Waals surface area contributed by atoms with E-state index in [0.29, 0.717) is 18.5 Å². The fraction of sp³-hybridized carbons (Fsp3) is 0.364. The van der Waals surface area contributed by atoms with Crippen molar-refractivity contribution < 1.29 is 9.53 Å². The van der Waals surface area contributed by atoms with Crippen molar-refractivity contribution in [3.8, 4) is 5.75 Å². The average molecular weight is 510 g/mol. The second-order valence-corrected chi connectivity index (χ2v) is 11.1. The van der Waals surface area contributed by atoms with E-state index in [-0.39, 0.29) is 17.7 Å². The van der Waals surface area contributed by atoms with Crippen molar-refractivity contribution in [3.05, 3.63) is 94.7 Å². The second kappa shape index (κ2) is 10.6. The Balaban J connectivity index is 1.61. The third-order valence-electron chi connectivity index (χ3n) is 7.80. The number of Topliss-reactive ketones (excluding diaryl/α,β-unsaturated/α-hetero) is 1. The number of nitrogens with zero attached hydrogens (tertiary/aromatic N) is 1. The molecule has 198 valence electrons. The standard InChI is InChI=1S/C33H39N3O2/c1-20(2)36(21(3)4)25-15-16-26(31(19-25)38-6)33-32-29(34-27-9-7-8-10-28(27)35-33)17-24(18-30(32)37)23-13-11-22(5)12-14-23/h7-16,19-21,24,33-35H,17-18H2,1-6H3. The fourth-order valence-corrected chi connectivity index (χ4v) is 6.09. The third-order valence-corrected chi connectivity index (χ3v) is 7.80. The van der Waals surface area contributed by atoms with E-state index in [1.165, 1.54) is 11.1 Å². The number of anilines is 3. The summed E-state index contributed by atoms with van der Waals surface area (Å²) in [6.45, 7) is 10.9. The maximum absolute atomic E-state index is 13.9. The van der Waals surface area contributed by atoms with Gasteiger partial charge in [-0.3, -0.25) is 4.79 Å². The van der Waals surface area contributed by atoms with Crippen molar-refractivity contribution in [3.63, 3.8) is 0 Å². The number of carbonyl (C=O) groups excluding carboxylic acids is 1. The molecule has 0 bridgehead atoms. The molecule has 1 aliphatic carbocycles. The van der Waals surface area contributed by atoms with Gasteiger partial charge in [0.25, 0.3) is 0 Å². The number of allylic oxidation sites excluding steroid dienone is 1. The number of methoxy groups -OCH3 is 1. The van der Waals surface area contributed by atoms with Gasteiger partial charge in [-0.25, -0.2) is 0 Å². The monoisotopic (exact) mass is 509 g/mol. The van der Waals surface area contributed by atoms with Crippen molar-refractivity contribution in [1.29, 1.82) is 0 Å². The van der Waals surface area contributed by atoms with Crippen LogP contribution in [0, 0.1) is 6.92 Å². The molecule has 0 spiro atoms. The van der Waals surface area contributed by atoms with Crippen molar-refractivity contribution in [2.24, 2.45) is 0 Å². The van der Waals surface area contributed by atoms with Gasteiger partial charge in [0.05, 0.1) is 24.5 Å². The first-order valence-corrected chi connectivity index (χ1v) is 13.7. The summed E-state index contributed by atoms with van der Waals surface area (Å²) in [5.74, 6) is 1.10. The van der Waals surface area contributed by atoms with Gasteiger partial charge >= 0.3 is 0 Å². The van der Waals surface area contributed by atoms with Crippen LogP contribution in [0.3, 0.4) is 0 Å². The molecular weight excluding hydrogens is 470 g/mol. The van der Waals surface area contributed by atoms with Crippen LogP contribution in [0.15, 0.2) is 78.0 Å². The van der Waals surface area contributed by atoms with Crippen LogP contribution in [0.5, 0.6) is 5.75 Å². The van der Waals surface area contributed by atoms with Crippen LogP contribution in [0.25, 0.3) is 0 Å². The minimum Gasteiger partial charge on any atom is -0.496 e. The van der Waals surface area contributed by atoms with Crippen LogP contribution in [-0.2, 0) is 4.79 Å². The SMILES string of the molecule is COc1cc(N(C(C)C)C(C)C)ccc1C1Nc2ccccc2NC2=C1C(=O)CC(c1ccc(C)cc1)C2. The molecule has 2 N–H and O–H groups in total. The zero-order chi connectivity index (χ0) is 27.0. The number of para-hydroxylation sites is 2. The Morgan fingerprint density at radius 1 is 0.895 bits per heavy atom. The largest absolute Gasteiger partial charge is 0.496 e. The first-order valence-electron chi connectivity index (χ1n) is 13.7. The normalized spacial score (nSPS) is 18.9. The molecule has 5 nitrogen and oxygen atoms in total. The summed E-state index contributed by atoms with van der Waals surface area (Å²) < 4.78 is 5.97. The van der Waals surface area contributed by atoms with Gasteiger partial charge in [-0.05, 0) is 70.7 Å². The molecule has 1 heterocycles. The highest BCUT2D eigenvalue weighted by atomic mass is 16.5. The maximum atomic E-state index is 13.9. The lowest BCUT2D eigenvalue weighted by molar-refractivity contribution is -0.116. The predicted octanol–water partition coefficient (Wildman–Crippen LogP) is 7.61. The summed E-state index contributed by atoms with van der Waals surface area (Å²) in [7, 11) is 1.71. The zero-order valence-electron chi connectivity index (χ0n) is 23.3. The van der Waals surface area contributed by atoms with Gasteiger partial charge in [-0.2, -0.15) is 0 Å². The lowest BCUT2D eigenvalue weighted by atomic mass is 9.78. The number of aryl methyl sites for hydroxylation is 1. The molecule has 38 heavy (non-hydrogen) atoms. The van der Waals surface area contributed by atoms with Crippen molar-refractivity contribution in [2.75, 3.05) is 22.6 Å². The lowest BCUT2D eigenvalue weighted by Crippen LogP contribution is -2.37. The number of carbonyl (C=O) groups is 1. The minimum atomic E-state index is -0.317. The molecule has 0 amide bonds. The molecule has 2 aliphatic rings. The number of ether oxygens (including phenoxy) is 1. The van der Waals surface area contributed by atoms with Gasteiger partial charge in [0, 0.05) is 47.1 Å². The van der Waals surface area contributed by atoms with Crippen LogP contribution in [0.2, 0.25) is 0 Å². The second-order valence-electron chi connectivity index (χ2n) is 11.1. The first kappa shape index (κ1) is 25.9. The van der Waals surface area contributed by atoms with E-state index in [1.807, 2.05) is 12.1 Å². The van der Waals surface area contributed by atoms with Gasteiger partial charge in [0.2, 0.25) is 0 Å². The van der Waals surface area contributed by atoms with Gasteiger partial charge in [0.15, 0.2) is 5.78 Å². The molecule has 0 saturated heterocycles. The Kier molecular flexibility index (Phi) is 7.20. The Morgan fingerprint density at radius 2 is 1.58 bits per heavy atom. The van der Waals surface area contributed by atoms with Gasteiger partial charge in [-0.15, -0.1) is 0 Å². The molecule has 1 aliphatic heterocycles. The van der Waals surface area contributed by atoms with Gasteiger partial charge < -0.3 is 20.3 Å². The summed E-state index contributed by atoms with van der Waals surface area (Å²) >= 11 is 0. The number of nitrogens with one attached hydrogen (secondary N) is 2. The van der Waals surface area contributed by atoms with Crippen molar-refractivity contribution in [2.45, 2.75) is 71.5 Å². The van der Waals surface area contributed by atoms with Crippen LogP contribution >= 0.6 is 0 Å². The van der Waals surface area contributed by atoms with E-state index in [0.717, 1.165) is 46.1 Å². The summed E-state index contributed by atoms with van der Waals surface area (Å²) in [5.41, 5.74) is 8.29. The average Bonchev–Trinajstić information content (AvgIpc) is 3.05. The van der Waals surface area contributed by atoms with E-state index in [2.05, 4.69) is 105 Å². The molecule has 0 aromatic heterocycles. The topological polar surface area (TPSA) is 53.6 Å². The highest BCUT2D eigenvalue weighted by Crippen LogP contribution is 2.46. The Morgan fingerprint density at radius 3 is 2.24 bits per heavy atom. The number of hydrogen-bond donors (Lipinski definition) is 2. The molecule has 0 saturated carbocycles. The van der Waals surface area contributed by atoms with Crippen LogP contribution in [-0.4, -0.2) is 25.0 Å². The number of rotatable bonds is 6. The molecule has 5 rings (SSSR count). The number of hydrogen-bond acceptors (Lipinski definition) is 5. The molecule has 2 atom stereocenters. The zero-order valence-corrected chi connectivity index (χ0v) is 23.3. The van der Waals surface area contributed by atoms with E-state index in [9.17, 15) is 4.79 Å². The lowest BCUT2D eigenvalue weighted by Gasteiger charge is -2.34. The molecule has 0 radical (unpaired) electrons. The van der Waals surface area contributed by atoms with Gasteiger partial charge in [-0.1, -0.05) is 48.0 Å². The Hall–Kier alpha value is -3.73. The van der Waals surface area contributed by atoms with E-state index in [1.54, 1.807) is 7.11 Å². The Labute approximate surface area is 226 Å². The van der Waals surface area contributed by atoms with E-state index in [4.69, 9.17) is 4.74 Å². The minimum absolute atomic E-state index is 0.148. The summed E-state index contributed by atoms with van der Waals surface area (Å²) in [6, 6.07) is 23.6. The van der Waals surface area contributed by atoms with E-state index < -0.39 is 0 Å². The summed E-state index contributed by atoms with van der Waals surface area (Å²) in [4.78, 5) is 16.3. The highest BCUT2D eigenvalue weighted by molar-refractivity contribution is 6.01. The van der Waals surface area contributed by atoms with Crippen LogP contribution in [0.4, 0.5) is 17.1 Å². The van der Waals surface area contributed by atoms with Crippen LogP contribution < -0.4 is 20.3 Å². The predicted molar refractivity (Wildman–Crippen MR) is 157 cm³/mol. The Bertz CT molecular complexity index is 1350. The number of benzene rings is 3. The number of fused-ring (bicyclic) bond motifs is 1. The first-order chi connectivity index (χ1) is 18.3. The molecule has 5 heteroatoms. The highest BCUT2D eigenvalue weighted by Gasteiger charge is 2.37. The maximum Gasteiger partial charge on any atom is 0.163 e. The van der Waals surface area contributed by atoms with Crippen molar-refractivity contribution >= 4 is 22.8 Å². The van der Waals surface area contributed by atoms with E-state index >= 15 is 0 Å². The molecular formula is C33H39N3O2.